The Kier molecular flexibility index (Phi) is 3.93. The van der Waals surface area contributed by atoms with Crippen molar-refractivity contribution in [2.45, 2.75) is 6.54 Å². The van der Waals surface area contributed by atoms with Crippen molar-refractivity contribution in [3.8, 4) is 12.1 Å². The molecule has 0 bridgehead atoms. The summed E-state index contributed by atoms with van der Waals surface area (Å²) in [5, 5.41) is 20.6. The van der Waals surface area contributed by atoms with Gasteiger partial charge in [-0.15, -0.1) is 0 Å². The number of anilines is 1. The summed E-state index contributed by atoms with van der Waals surface area (Å²) < 4.78 is 26.2. The van der Waals surface area contributed by atoms with Crippen LogP contribution in [0, 0.1) is 34.3 Å². The van der Waals surface area contributed by atoms with Crippen molar-refractivity contribution in [1.29, 1.82) is 10.5 Å². The van der Waals surface area contributed by atoms with Gasteiger partial charge in [0.2, 0.25) is 0 Å². The summed E-state index contributed by atoms with van der Waals surface area (Å²) in [6.45, 7) is 0.301. The molecule has 1 N–H and O–H groups in total. The van der Waals surface area contributed by atoms with Crippen LogP contribution in [0.25, 0.3) is 0 Å². The highest BCUT2D eigenvalue weighted by Crippen LogP contribution is 2.17. The van der Waals surface area contributed by atoms with Gasteiger partial charge in [0.05, 0.1) is 16.8 Å². The zero-order chi connectivity index (χ0) is 14.5. The van der Waals surface area contributed by atoms with Crippen LogP contribution in [0.4, 0.5) is 14.5 Å². The van der Waals surface area contributed by atoms with Gasteiger partial charge < -0.3 is 5.32 Å². The van der Waals surface area contributed by atoms with Crippen LogP contribution in [0.5, 0.6) is 0 Å². The van der Waals surface area contributed by atoms with Gasteiger partial charge in [-0.3, -0.25) is 0 Å². The average molecular weight is 269 g/mol. The van der Waals surface area contributed by atoms with Crippen LogP contribution in [0.15, 0.2) is 36.4 Å². The lowest BCUT2D eigenvalue weighted by Gasteiger charge is -2.08. The Labute approximate surface area is 114 Å². The fraction of sp³-hybridized carbons (Fsp3) is 0.0667. The molecule has 0 radical (unpaired) electrons. The monoisotopic (exact) mass is 269 g/mol. The second-order valence-corrected chi connectivity index (χ2v) is 4.08. The van der Waals surface area contributed by atoms with Crippen molar-refractivity contribution in [1.82, 2.24) is 0 Å². The number of hydrogen-bond donors (Lipinski definition) is 1. The molecule has 0 saturated carbocycles. The number of benzene rings is 2. The van der Waals surface area contributed by atoms with Gasteiger partial charge in [0.1, 0.15) is 23.8 Å². The van der Waals surface area contributed by atoms with Gasteiger partial charge in [-0.05, 0) is 35.9 Å². The molecule has 0 unspecified atom stereocenters. The molecule has 0 fully saturated rings. The Morgan fingerprint density at radius 1 is 0.950 bits per heavy atom. The predicted octanol–water partition coefficient (Wildman–Crippen LogP) is 3.32. The van der Waals surface area contributed by atoms with E-state index >= 15 is 0 Å². The maximum Gasteiger partial charge on any atom is 0.140 e. The standard InChI is InChI=1S/C15H9F2N3/c16-13-2-4-15(12(6-13)8-19)20-9-10-1-3-14(17)11(5-10)7-18/h1-6,20H,9H2. The second kappa shape index (κ2) is 5.81. The quantitative estimate of drug-likeness (QED) is 0.929. The summed E-state index contributed by atoms with van der Waals surface area (Å²) >= 11 is 0. The lowest BCUT2D eigenvalue weighted by Crippen LogP contribution is -2.02. The molecule has 20 heavy (non-hydrogen) atoms. The largest absolute Gasteiger partial charge is 0.380 e. The van der Waals surface area contributed by atoms with Crippen LogP contribution >= 0.6 is 0 Å². The van der Waals surface area contributed by atoms with E-state index in [1.165, 1.54) is 24.3 Å². The Morgan fingerprint density at radius 2 is 1.70 bits per heavy atom. The van der Waals surface area contributed by atoms with Crippen LogP contribution in [0.2, 0.25) is 0 Å². The highest BCUT2D eigenvalue weighted by Gasteiger charge is 2.05. The molecular formula is C15H9F2N3. The predicted molar refractivity (Wildman–Crippen MR) is 69.6 cm³/mol. The van der Waals surface area contributed by atoms with Crippen LogP contribution in [-0.4, -0.2) is 0 Å². The molecule has 0 aromatic heterocycles. The lowest BCUT2D eigenvalue weighted by molar-refractivity contribution is 0.623. The van der Waals surface area contributed by atoms with Crippen molar-refractivity contribution in [2.24, 2.45) is 0 Å². The van der Waals surface area contributed by atoms with Crippen LogP contribution < -0.4 is 5.32 Å². The molecule has 0 heterocycles. The Balaban J connectivity index is 2.18. The van der Waals surface area contributed by atoms with E-state index in [0.29, 0.717) is 17.8 Å². The molecule has 2 aromatic carbocycles. The van der Waals surface area contributed by atoms with Gasteiger partial charge in [-0.25, -0.2) is 8.78 Å². The highest BCUT2D eigenvalue weighted by molar-refractivity contribution is 5.57. The molecule has 5 heteroatoms. The van der Waals surface area contributed by atoms with Crippen LogP contribution in [0.1, 0.15) is 16.7 Å². The molecule has 98 valence electrons. The third-order valence-electron chi connectivity index (χ3n) is 2.74. The SMILES string of the molecule is N#Cc1cc(CNc2ccc(F)cc2C#N)ccc1F. The fourth-order valence-electron chi connectivity index (χ4n) is 1.73. The number of rotatable bonds is 3. The number of nitrogens with one attached hydrogen (secondary N) is 1. The summed E-state index contributed by atoms with van der Waals surface area (Å²) in [4.78, 5) is 0. The minimum absolute atomic E-state index is 0.0380. The Hall–Kier alpha value is -2.92. The van der Waals surface area contributed by atoms with Crippen molar-refractivity contribution >= 4 is 5.69 Å². The van der Waals surface area contributed by atoms with Gasteiger partial charge in [-0.2, -0.15) is 10.5 Å². The number of nitriles is 2. The van der Waals surface area contributed by atoms with E-state index in [0.717, 1.165) is 6.07 Å². The van der Waals surface area contributed by atoms with Gasteiger partial charge >= 0.3 is 0 Å². The number of halogens is 2. The second-order valence-electron chi connectivity index (χ2n) is 4.08. The zero-order valence-electron chi connectivity index (χ0n) is 10.3. The van der Waals surface area contributed by atoms with Gasteiger partial charge in [-0.1, -0.05) is 6.07 Å². The molecular weight excluding hydrogens is 260 g/mol. The van der Waals surface area contributed by atoms with Crippen LogP contribution in [-0.2, 0) is 6.54 Å². The lowest BCUT2D eigenvalue weighted by atomic mass is 10.1. The van der Waals surface area contributed by atoms with Crippen molar-refractivity contribution in [3.63, 3.8) is 0 Å². The summed E-state index contributed by atoms with van der Waals surface area (Å²) in [6.07, 6.45) is 0. The highest BCUT2D eigenvalue weighted by atomic mass is 19.1. The van der Waals surface area contributed by atoms with Crippen LogP contribution in [0.3, 0.4) is 0 Å². The van der Waals surface area contributed by atoms with E-state index in [-0.39, 0.29) is 11.1 Å². The Morgan fingerprint density at radius 3 is 2.40 bits per heavy atom. The Bertz CT molecular complexity index is 727. The normalized spacial score (nSPS) is 9.60. The van der Waals surface area contributed by atoms with E-state index in [1.807, 2.05) is 6.07 Å². The summed E-state index contributed by atoms with van der Waals surface area (Å²) in [6, 6.07) is 11.7. The van der Waals surface area contributed by atoms with Gasteiger partial charge in [0.15, 0.2) is 0 Å². The summed E-state index contributed by atoms with van der Waals surface area (Å²) in [7, 11) is 0. The smallest absolute Gasteiger partial charge is 0.140 e. The molecule has 0 aliphatic carbocycles. The zero-order valence-corrected chi connectivity index (χ0v) is 10.3. The van der Waals surface area contributed by atoms with Crippen molar-refractivity contribution in [3.05, 3.63) is 64.7 Å². The molecule has 0 amide bonds. The molecule has 3 nitrogen and oxygen atoms in total. The van der Waals surface area contributed by atoms with Crippen molar-refractivity contribution in [2.75, 3.05) is 5.32 Å². The minimum atomic E-state index is -0.573. The first-order chi connectivity index (χ1) is 9.63. The van der Waals surface area contributed by atoms with E-state index in [2.05, 4.69) is 5.32 Å². The first-order valence-electron chi connectivity index (χ1n) is 5.76. The summed E-state index contributed by atoms with van der Waals surface area (Å²) in [5.74, 6) is -1.06. The average Bonchev–Trinajstić information content (AvgIpc) is 2.47. The maximum absolute atomic E-state index is 13.2. The van der Waals surface area contributed by atoms with E-state index in [4.69, 9.17) is 10.5 Å². The van der Waals surface area contributed by atoms with E-state index in [1.54, 1.807) is 12.1 Å². The maximum atomic E-state index is 13.2. The molecule has 0 aliphatic heterocycles. The van der Waals surface area contributed by atoms with E-state index < -0.39 is 11.6 Å². The molecule has 0 spiro atoms. The molecule has 0 saturated heterocycles. The summed E-state index contributed by atoms with van der Waals surface area (Å²) in [5.41, 5.74) is 1.32. The molecule has 0 aliphatic rings. The van der Waals surface area contributed by atoms with Crippen molar-refractivity contribution < 1.29 is 8.78 Å². The van der Waals surface area contributed by atoms with Gasteiger partial charge in [0.25, 0.3) is 0 Å². The topological polar surface area (TPSA) is 59.6 Å². The fourth-order valence-corrected chi connectivity index (χ4v) is 1.73. The number of nitrogens with zero attached hydrogens (tertiary/aromatic N) is 2. The van der Waals surface area contributed by atoms with E-state index in [9.17, 15) is 8.78 Å². The third kappa shape index (κ3) is 2.90. The first-order valence-corrected chi connectivity index (χ1v) is 5.76. The third-order valence-corrected chi connectivity index (χ3v) is 2.74. The number of hydrogen-bond acceptors (Lipinski definition) is 3. The van der Waals surface area contributed by atoms with Gasteiger partial charge in [0, 0.05) is 6.54 Å². The minimum Gasteiger partial charge on any atom is -0.380 e. The first kappa shape index (κ1) is 13.5. The molecule has 0 atom stereocenters. The molecule has 2 rings (SSSR count). The molecule has 2 aromatic rings.